The number of aliphatic hydroxyl groups excluding tert-OH is 1. The third kappa shape index (κ3) is 3.76. The van der Waals surface area contributed by atoms with Crippen LogP contribution in [0.15, 0.2) is 24.3 Å². The summed E-state index contributed by atoms with van der Waals surface area (Å²) in [7, 11) is 0. The summed E-state index contributed by atoms with van der Waals surface area (Å²) in [5.74, 6) is 1.06. The number of rotatable bonds is 5. The molecule has 0 radical (unpaired) electrons. The Bertz CT molecular complexity index is 435. The van der Waals surface area contributed by atoms with Crippen molar-refractivity contribution in [3.63, 3.8) is 0 Å². The lowest BCUT2D eigenvalue weighted by molar-refractivity contribution is 0.0697. The van der Waals surface area contributed by atoms with Crippen molar-refractivity contribution in [2.45, 2.75) is 51.0 Å². The molecule has 1 saturated carbocycles. The first-order chi connectivity index (χ1) is 10.2. The van der Waals surface area contributed by atoms with Crippen LogP contribution in [-0.4, -0.2) is 24.3 Å². The van der Waals surface area contributed by atoms with E-state index in [-0.39, 0.29) is 11.9 Å². The number of hydrogen-bond donors (Lipinski definition) is 1. The van der Waals surface area contributed by atoms with Crippen LogP contribution in [0.2, 0.25) is 0 Å². The molecule has 3 rings (SSSR count). The van der Waals surface area contributed by atoms with Gasteiger partial charge in [-0.25, -0.2) is 4.39 Å². The number of halogens is 1. The fourth-order valence-electron chi connectivity index (χ4n) is 3.78. The summed E-state index contributed by atoms with van der Waals surface area (Å²) >= 11 is 0. The van der Waals surface area contributed by atoms with Crippen molar-refractivity contribution in [3.05, 3.63) is 30.1 Å². The van der Waals surface area contributed by atoms with Crippen molar-refractivity contribution in [2.75, 3.05) is 18.0 Å². The first-order valence-corrected chi connectivity index (χ1v) is 8.41. The van der Waals surface area contributed by atoms with E-state index in [4.69, 9.17) is 0 Å². The average Bonchev–Trinajstić information content (AvgIpc) is 2.48. The second-order valence-corrected chi connectivity index (χ2v) is 6.79. The highest BCUT2D eigenvalue weighted by molar-refractivity contribution is 5.48. The molecule has 0 unspecified atom stereocenters. The first kappa shape index (κ1) is 14.8. The molecule has 2 nitrogen and oxygen atoms in total. The van der Waals surface area contributed by atoms with Crippen LogP contribution in [0.1, 0.15) is 44.9 Å². The van der Waals surface area contributed by atoms with E-state index >= 15 is 0 Å². The molecular weight excluding hydrogens is 265 g/mol. The maximum atomic E-state index is 12.9. The van der Waals surface area contributed by atoms with E-state index < -0.39 is 0 Å². The van der Waals surface area contributed by atoms with Gasteiger partial charge in [0.15, 0.2) is 0 Å². The van der Waals surface area contributed by atoms with Gasteiger partial charge in [-0.2, -0.15) is 0 Å². The highest BCUT2D eigenvalue weighted by Crippen LogP contribution is 2.31. The molecule has 0 aromatic heterocycles. The number of benzene rings is 1. The Morgan fingerprint density at radius 2 is 1.76 bits per heavy atom. The van der Waals surface area contributed by atoms with Gasteiger partial charge in [-0.15, -0.1) is 0 Å². The van der Waals surface area contributed by atoms with E-state index in [1.54, 1.807) is 0 Å². The zero-order chi connectivity index (χ0) is 14.7. The molecule has 2 aliphatic rings. The zero-order valence-electron chi connectivity index (χ0n) is 12.7. The van der Waals surface area contributed by atoms with Gasteiger partial charge in [0, 0.05) is 18.8 Å². The van der Waals surface area contributed by atoms with E-state index in [1.807, 2.05) is 12.1 Å². The molecule has 0 bridgehead atoms. The molecule has 1 N–H and O–H groups in total. The van der Waals surface area contributed by atoms with Crippen LogP contribution in [0.5, 0.6) is 0 Å². The predicted molar refractivity (Wildman–Crippen MR) is 83.9 cm³/mol. The van der Waals surface area contributed by atoms with Gasteiger partial charge in [-0.1, -0.05) is 19.3 Å². The van der Waals surface area contributed by atoms with Gasteiger partial charge in [0.2, 0.25) is 0 Å². The van der Waals surface area contributed by atoms with Crippen LogP contribution in [0.3, 0.4) is 0 Å². The lowest BCUT2D eigenvalue weighted by atomic mass is 9.82. The fourth-order valence-corrected chi connectivity index (χ4v) is 3.78. The molecular formula is C18H26FNO. The Balaban J connectivity index is 1.37. The van der Waals surface area contributed by atoms with Crippen molar-refractivity contribution < 1.29 is 9.50 Å². The summed E-state index contributed by atoms with van der Waals surface area (Å²) in [6.45, 7) is 2.09. The first-order valence-electron chi connectivity index (χ1n) is 8.41. The lowest BCUT2D eigenvalue weighted by Gasteiger charge is -2.42. The third-order valence-electron chi connectivity index (χ3n) is 5.21. The molecule has 1 aliphatic carbocycles. The van der Waals surface area contributed by atoms with Crippen LogP contribution < -0.4 is 4.90 Å². The predicted octanol–water partition coefficient (Wildman–Crippen LogP) is 3.98. The Morgan fingerprint density at radius 3 is 2.43 bits per heavy atom. The zero-order valence-corrected chi connectivity index (χ0v) is 12.7. The van der Waals surface area contributed by atoms with Crippen LogP contribution in [0, 0.1) is 17.7 Å². The maximum Gasteiger partial charge on any atom is 0.123 e. The lowest BCUT2D eigenvalue weighted by Crippen LogP contribution is -2.47. The normalized spacial score (nSPS) is 22.1. The Morgan fingerprint density at radius 1 is 1.10 bits per heavy atom. The molecule has 3 heteroatoms. The minimum absolute atomic E-state index is 0.0924. The van der Waals surface area contributed by atoms with Crippen LogP contribution in [0.4, 0.5) is 10.1 Å². The smallest absolute Gasteiger partial charge is 0.123 e. The molecule has 1 aromatic rings. The van der Waals surface area contributed by atoms with Crippen molar-refractivity contribution in [1.82, 2.24) is 0 Å². The standard InChI is InChI=1S/C18H26FNO/c19-16-7-9-17(10-8-16)20-12-14(13-20)6-11-18(21)15-4-2-1-3-5-15/h7-10,14-15,18,21H,1-6,11-13H2/t18-/m0/s1. The van der Waals surface area contributed by atoms with Crippen molar-refractivity contribution in [2.24, 2.45) is 11.8 Å². The van der Waals surface area contributed by atoms with E-state index in [1.165, 1.54) is 44.2 Å². The molecule has 1 aliphatic heterocycles. The monoisotopic (exact) mass is 291 g/mol. The van der Waals surface area contributed by atoms with Crippen LogP contribution >= 0.6 is 0 Å². The number of aliphatic hydroxyl groups is 1. The van der Waals surface area contributed by atoms with E-state index in [0.29, 0.717) is 11.8 Å². The average molecular weight is 291 g/mol. The number of hydrogen-bond acceptors (Lipinski definition) is 2. The molecule has 116 valence electrons. The second kappa shape index (κ2) is 6.78. The Hall–Kier alpha value is -1.09. The third-order valence-corrected chi connectivity index (χ3v) is 5.21. The van der Waals surface area contributed by atoms with Gasteiger partial charge < -0.3 is 10.0 Å². The van der Waals surface area contributed by atoms with Gasteiger partial charge in [0.05, 0.1) is 6.10 Å². The number of nitrogens with zero attached hydrogens (tertiary/aromatic N) is 1. The van der Waals surface area contributed by atoms with Gasteiger partial charge in [0.25, 0.3) is 0 Å². The molecule has 0 spiro atoms. The van der Waals surface area contributed by atoms with E-state index in [9.17, 15) is 9.50 Å². The van der Waals surface area contributed by atoms with Crippen LogP contribution in [-0.2, 0) is 0 Å². The van der Waals surface area contributed by atoms with Crippen LogP contribution in [0.25, 0.3) is 0 Å². The van der Waals surface area contributed by atoms with E-state index in [2.05, 4.69) is 4.90 Å². The minimum Gasteiger partial charge on any atom is -0.393 e. The molecule has 1 saturated heterocycles. The molecule has 21 heavy (non-hydrogen) atoms. The molecule has 1 atom stereocenters. The summed E-state index contributed by atoms with van der Waals surface area (Å²) in [6, 6.07) is 6.75. The highest BCUT2D eigenvalue weighted by atomic mass is 19.1. The second-order valence-electron chi connectivity index (χ2n) is 6.79. The Kier molecular flexibility index (Phi) is 4.79. The summed E-state index contributed by atoms with van der Waals surface area (Å²) < 4.78 is 12.9. The van der Waals surface area contributed by atoms with E-state index in [0.717, 1.165) is 31.6 Å². The summed E-state index contributed by atoms with van der Waals surface area (Å²) in [6.07, 6.45) is 8.35. The summed E-state index contributed by atoms with van der Waals surface area (Å²) in [4.78, 5) is 2.29. The summed E-state index contributed by atoms with van der Waals surface area (Å²) in [5.41, 5.74) is 1.11. The quantitative estimate of drug-likeness (QED) is 0.887. The molecule has 2 fully saturated rings. The van der Waals surface area contributed by atoms with Gasteiger partial charge in [0.1, 0.15) is 5.82 Å². The van der Waals surface area contributed by atoms with Gasteiger partial charge in [-0.05, 0) is 61.8 Å². The minimum atomic E-state index is -0.175. The largest absolute Gasteiger partial charge is 0.393 e. The fraction of sp³-hybridized carbons (Fsp3) is 0.667. The molecule has 1 heterocycles. The Labute approximate surface area is 127 Å². The van der Waals surface area contributed by atoms with Crippen molar-refractivity contribution in [1.29, 1.82) is 0 Å². The SMILES string of the molecule is O[C@@H](CCC1CN(c2ccc(F)cc2)C1)C1CCCCC1. The van der Waals surface area contributed by atoms with Crippen molar-refractivity contribution >= 4 is 5.69 Å². The van der Waals surface area contributed by atoms with Gasteiger partial charge >= 0.3 is 0 Å². The molecule has 1 aromatic carbocycles. The van der Waals surface area contributed by atoms with Crippen molar-refractivity contribution in [3.8, 4) is 0 Å². The topological polar surface area (TPSA) is 23.5 Å². The maximum absolute atomic E-state index is 12.9. The van der Waals surface area contributed by atoms with Gasteiger partial charge in [-0.3, -0.25) is 0 Å². The highest BCUT2D eigenvalue weighted by Gasteiger charge is 2.29. The number of anilines is 1. The summed E-state index contributed by atoms with van der Waals surface area (Å²) in [5, 5.41) is 10.3. The molecule has 0 amide bonds.